The first-order valence-electron chi connectivity index (χ1n) is 6.64. The molecule has 0 saturated carbocycles. The van der Waals surface area contributed by atoms with Crippen molar-refractivity contribution < 1.29 is 9.53 Å². The molecule has 0 amide bonds. The third-order valence-electron chi connectivity index (χ3n) is 2.47. The van der Waals surface area contributed by atoms with E-state index in [1.807, 2.05) is 6.08 Å². The van der Waals surface area contributed by atoms with Crippen LogP contribution in [0, 0.1) is 0 Å². The van der Waals surface area contributed by atoms with Crippen molar-refractivity contribution >= 4 is 5.97 Å². The second kappa shape index (κ2) is 12.3. The molecule has 0 atom stereocenters. The Morgan fingerprint density at radius 2 is 1.69 bits per heavy atom. The van der Waals surface area contributed by atoms with E-state index in [1.54, 1.807) is 6.08 Å². The van der Waals surface area contributed by atoms with E-state index in [4.69, 9.17) is 4.74 Å². The van der Waals surface area contributed by atoms with Gasteiger partial charge in [0.05, 0.1) is 6.61 Å². The van der Waals surface area contributed by atoms with Crippen LogP contribution >= 0.6 is 0 Å². The second-order valence-corrected chi connectivity index (χ2v) is 4.13. The van der Waals surface area contributed by atoms with E-state index in [2.05, 4.69) is 13.8 Å². The van der Waals surface area contributed by atoms with Crippen molar-refractivity contribution in [2.75, 3.05) is 6.61 Å². The molecule has 0 aromatic heterocycles. The molecule has 2 heteroatoms. The highest BCUT2D eigenvalue weighted by Gasteiger charge is 1.94. The zero-order valence-electron chi connectivity index (χ0n) is 10.8. The topological polar surface area (TPSA) is 26.3 Å². The minimum Gasteiger partial charge on any atom is -0.463 e. The van der Waals surface area contributed by atoms with Crippen LogP contribution in [0.2, 0.25) is 0 Å². The minimum atomic E-state index is -0.193. The van der Waals surface area contributed by atoms with Crippen LogP contribution in [0.4, 0.5) is 0 Å². The fourth-order valence-electron chi connectivity index (χ4n) is 1.41. The van der Waals surface area contributed by atoms with Crippen molar-refractivity contribution in [2.24, 2.45) is 0 Å². The van der Waals surface area contributed by atoms with Gasteiger partial charge in [-0.05, 0) is 19.3 Å². The summed E-state index contributed by atoms with van der Waals surface area (Å²) in [5.74, 6) is -0.193. The first-order valence-corrected chi connectivity index (χ1v) is 6.64. The molecule has 0 saturated heterocycles. The van der Waals surface area contributed by atoms with Gasteiger partial charge in [0.15, 0.2) is 0 Å². The van der Waals surface area contributed by atoms with Crippen LogP contribution in [0.1, 0.15) is 65.2 Å². The summed E-state index contributed by atoms with van der Waals surface area (Å²) in [7, 11) is 0. The quantitative estimate of drug-likeness (QED) is 0.316. The molecule has 0 radical (unpaired) electrons. The molecule has 2 nitrogen and oxygen atoms in total. The Kier molecular flexibility index (Phi) is 11.7. The summed E-state index contributed by atoms with van der Waals surface area (Å²) in [5.41, 5.74) is 0. The maximum absolute atomic E-state index is 11.1. The molecule has 16 heavy (non-hydrogen) atoms. The molecule has 0 rings (SSSR count). The van der Waals surface area contributed by atoms with Crippen molar-refractivity contribution in [3.05, 3.63) is 12.2 Å². The summed E-state index contributed by atoms with van der Waals surface area (Å²) < 4.78 is 5.00. The second-order valence-electron chi connectivity index (χ2n) is 4.13. The Morgan fingerprint density at radius 1 is 1.00 bits per heavy atom. The summed E-state index contributed by atoms with van der Waals surface area (Å²) in [6, 6.07) is 0. The number of esters is 1. The molecular formula is C14H26O2. The predicted molar refractivity (Wildman–Crippen MR) is 68.4 cm³/mol. The zero-order chi connectivity index (χ0) is 12.1. The maximum Gasteiger partial charge on any atom is 0.330 e. The van der Waals surface area contributed by atoms with E-state index in [1.165, 1.54) is 32.1 Å². The molecule has 0 aliphatic carbocycles. The van der Waals surface area contributed by atoms with Crippen LogP contribution in [-0.2, 0) is 9.53 Å². The Balaban J connectivity index is 3.28. The number of rotatable bonds is 10. The van der Waals surface area contributed by atoms with Gasteiger partial charge in [0.2, 0.25) is 0 Å². The van der Waals surface area contributed by atoms with E-state index in [0.717, 1.165) is 19.3 Å². The zero-order valence-corrected chi connectivity index (χ0v) is 10.8. The fraction of sp³-hybridized carbons (Fsp3) is 0.786. The van der Waals surface area contributed by atoms with Gasteiger partial charge in [-0.3, -0.25) is 0 Å². The minimum absolute atomic E-state index is 0.193. The lowest BCUT2D eigenvalue weighted by Crippen LogP contribution is -2.01. The lowest BCUT2D eigenvalue weighted by molar-refractivity contribution is -0.137. The van der Waals surface area contributed by atoms with Crippen LogP contribution in [0.3, 0.4) is 0 Å². The van der Waals surface area contributed by atoms with Crippen LogP contribution in [-0.4, -0.2) is 12.6 Å². The number of allylic oxidation sites excluding steroid dienone is 1. The lowest BCUT2D eigenvalue weighted by atomic mass is 10.1. The van der Waals surface area contributed by atoms with Crippen molar-refractivity contribution in [3.8, 4) is 0 Å². The largest absolute Gasteiger partial charge is 0.463 e. The Labute approximate surface area is 100 Å². The van der Waals surface area contributed by atoms with E-state index in [-0.39, 0.29) is 5.97 Å². The van der Waals surface area contributed by atoms with Crippen molar-refractivity contribution in [1.82, 2.24) is 0 Å². The SMILES string of the molecule is CCCCCCC/C=C\C(=O)OCCCC. The summed E-state index contributed by atoms with van der Waals surface area (Å²) in [6.07, 6.45) is 12.9. The molecule has 0 fully saturated rings. The van der Waals surface area contributed by atoms with E-state index in [0.29, 0.717) is 6.61 Å². The van der Waals surface area contributed by atoms with Gasteiger partial charge in [-0.1, -0.05) is 52.0 Å². The molecule has 0 N–H and O–H groups in total. The molecule has 0 heterocycles. The van der Waals surface area contributed by atoms with Crippen molar-refractivity contribution in [3.63, 3.8) is 0 Å². The van der Waals surface area contributed by atoms with Gasteiger partial charge in [0.25, 0.3) is 0 Å². The highest BCUT2D eigenvalue weighted by atomic mass is 16.5. The molecule has 0 aliphatic heterocycles. The molecular weight excluding hydrogens is 200 g/mol. The van der Waals surface area contributed by atoms with E-state index < -0.39 is 0 Å². The van der Waals surface area contributed by atoms with E-state index in [9.17, 15) is 4.79 Å². The van der Waals surface area contributed by atoms with Gasteiger partial charge >= 0.3 is 5.97 Å². The van der Waals surface area contributed by atoms with Gasteiger partial charge in [-0.25, -0.2) is 4.79 Å². The van der Waals surface area contributed by atoms with Gasteiger partial charge in [0, 0.05) is 6.08 Å². The molecule has 0 aromatic rings. The van der Waals surface area contributed by atoms with Gasteiger partial charge < -0.3 is 4.74 Å². The molecule has 0 aromatic carbocycles. The maximum atomic E-state index is 11.1. The number of hydrogen-bond donors (Lipinski definition) is 0. The summed E-state index contributed by atoms with van der Waals surface area (Å²) in [6.45, 7) is 4.85. The first-order chi connectivity index (χ1) is 7.81. The summed E-state index contributed by atoms with van der Waals surface area (Å²) in [5, 5.41) is 0. The van der Waals surface area contributed by atoms with Crippen molar-refractivity contribution in [2.45, 2.75) is 65.2 Å². The van der Waals surface area contributed by atoms with E-state index >= 15 is 0 Å². The number of unbranched alkanes of at least 4 members (excludes halogenated alkanes) is 6. The highest BCUT2D eigenvalue weighted by Crippen LogP contribution is 2.05. The number of carbonyl (C=O) groups excluding carboxylic acids is 1. The normalized spacial score (nSPS) is 10.9. The summed E-state index contributed by atoms with van der Waals surface area (Å²) >= 11 is 0. The number of ether oxygens (including phenoxy) is 1. The Morgan fingerprint density at radius 3 is 2.38 bits per heavy atom. The third kappa shape index (κ3) is 11.3. The lowest BCUT2D eigenvalue weighted by Gasteiger charge is -1.99. The highest BCUT2D eigenvalue weighted by molar-refractivity contribution is 5.81. The average molecular weight is 226 g/mol. The Bertz CT molecular complexity index is 185. The van der Waals surface area contributed by atoms with Gasteiger partial charge in [-0.2, -0.15) is 0 Å². The van der Waals surface area contributed by atoms with Crippen LogP contribution < -0.4 is 0 Å². The fourth-order valence-corrected chi connectivity index (χ4v) is 1.41. The average Bonchev–Trinajstić information content (AvgIpc) is 2.28. The monoisotopic (exact) mass is 226 g/mol. The van der Waals surface area contributed by atoms with Gasteiger partial charge in [-0.15, -0.1) is 0 Å². The van der Waals surface area contributed by atoms with Gasteiger partial charge in [0.1, 0.15) is 0 Å². The predicted octanol–water partition coefficient (Wildman–Crippen LogP) is 4.25. The Hall–Kier alpha value is -0.790. The van der Waals surface area contributed by atoms with Crippen LogP contribution in [0.15, 0.2) is 12.2 Å². The molecule has 0 spiro atoms. The molecule has 94 valence electrons. The smallest absolute Gasteiger partial charge is 0.330 e. The van der Waals surface area contributed by atoms with Crippen LogP contribution in [0.5, 0.6) is 0 Å². The third-order valence-corrected chi connectivity index (χ3v) is 2.47. The number of carbonyl (C=O) groups is 1. The molecule has 0 unspecified atom stereocenters. The van der Waals surface area contributed by atoms with Crippen LogP contribution in [0.25, 0.3) is 0 Å². The molecule has 0 bridgehead atoms. The molecule has 0 aliphatic rings. The number of hydrogen-bond acceptors (Lipinski definition) is 2. The van der Waals surface area contributed by atoms with Crippen molar-refractivity contribution in [1.29, 1.82) is 0 Å². The first kappa shape index (κ1) is 15.2. The standard InChI is InChI=1S/C14H26O2/c1-3-5-7-8-9-10-11-12-14(15)16-13-6-4-2/h11-12H,3-10,13H2,1-2H3/b12-11-. The summed E-state index contributed by atoms with van der Waals surface area (Å²) in [4.78, 5) is 11.1.